The highest BCUT2D eigenvalue weighted by molar-refractivity contribution is 5.97. The lowest BCUT2D eigenvalue weighted by Gasteiger charge is -2.08. The molecule has 0 saturated heterocycles. The molecule has 23 heavy (non-hydrogen) atoms. The number of hydrogen-bond acceptors (Lipinski definition) is 4. The van der Waals surface area contributed by atoms with Crippen LogP contribution in [0.5, 0.6) is 0 Å². The van der Waals surface area contributed by atoms with Crippen LogP contribution in [0, 0.1) is 13.8 Å². The second-order valence-corrected chi connectivity index (χ2v) is 5.23. The van der Waals surface area contributed by atoms with E-state index in [0.29, 0.717) is 33.5 Å². The van der Waals surface area contributed by atoms with Crippen LogP contribution in [0.3, 0.4) is 0 Å². The van der Waals surface area contributed by atoms with Crippen LogP contribution in [0.4, 0.5) is 0 Å². The van der Waals surface area contributed by atoms with Crippen molar-refractivity contribution in [1.82, 2.24) is 14.8 Å². The van der Waals surface area contributed by atoms with Crippen LogP contribution >= 0.6 is 0 Å². The van der Waals surface area contributed by atoms with Gasteiger partial charge in [0, 0.05) is 0 Å². The minimum atomic E-state index is -0.455. The molecule has 0 radical (unpaired) electrons. The molecule has 3 aromatic rings. The molecule has 3 rings (SSSR count). The van der Waals surface area contributed by atoms with Gasteiger partial charge in [-0.3, -0.25) is 9.89 Å². The number of H-pyrrole nitrogens is 1. The van der Waals surface area contributed by atoms with Crippen molar-refractivity contribution in [3.8, 4) is 5.69 Å². The lowest BCUT2D eigenvalue weighted by Crippen LogP contribution is -2.16. The van der Waals surface area contributed by atoms with Crippen molar-refractivity contribution >= 4 is 17.0 Å². The van der Waals surface area contributed by atoms with E-state index in [2.05, 4.69) is 10.1 Å². The fourth-order valence-corrected chi connectivity index (χ4v) is 2.73. The van der Waals surface area contributed by atoms with Gasteiger partial charge >= 0.3 is 5.97 Å². The Bertz CT molecular complexity index is 939. The van der Waals surface area contributed by atoms with Gasteiger partial charge in [-0.2, -0.15) is 0 Å². The molecular formula is C17H17N3O3. The number of aromatic amines is 1. The summed E-state index contributed by atoms with van der Waals surface area (Å²) in [5, 5.41) is 3.41. The van der Waals surface area contributed by atoms with Gasteiger partial charge in [0.1, 0.15) is 0 Å². The summed E-state index contributed by atoms with van der Waals surface area (Å²) in [5.41, 5.74) is 2.42. The number of pyridine rings is 1. The van der Waals surface area contributed by atoms with Crippen LogP contribution < -0.4 is 5.56 Å². The van der Waals surface area contributed by atoms with Crippen LogP contribution in [0.1, 0.15) is 28.5 Å². The normalized spacial score (nSPS) is 10.9. The first-order valence-electron chi connectivity index (χ1n) is 7.39. The second-order valence-electron chi connectivity index (χ2n) is 5.23. The fraction of sp³-hybridized carbons (Fsp3) is 0.235. The molecule has 1 N–H and O–H groups in total. The molecule has 0 saturated carbocycles. The maximum atomic E-state index is 12.7. The first-order chi connectivity index (χ1) is 11.0. The van der Waals surface area contributed by atoms with Gasteiger partial charge in [-0.1, -0.05) is 18.2 Å². The number of carbonyl (C=O) groups excluding carboxylic acids is 1. The van der Waals surface area contributed by atoms with Gasteiger partial charge in [0.05, 0.1) is 28.9 Å². The zero-order valence-electron chi connectivity index (χ0n) is 13.2. The number of nitrogens with zero attached hydrogens (tertiary/aromatic N) is 2. The third kappa shape index (κ3) is 2.42. The van der Waals surface area contributed by atoms with E-state index in [-0.39, 0.29) is 12.2 Å². The maximum Gasteiger partial charge on any atom is 0.340 e. The quantitative estimate of drug-likeness (QED) is 0.754. The van der Waals surface area contributed by atoms with Gasteiger partial charge < -0.3 is 4.74 Å². The summed E-state index contributed by atoms with van der Waals surface area (Å²) in [6.07, 6.45) is 0. The van der Waals surface area contributed by atoms with E-state index in [1.165, 1.54) is 4.68 Å². The number of aryl methyl sites for hydroxylation is 2. The first-order valence-corrected chi connectivity index (χ1v) is 7.39. The molecular weight excluding hydrogens is 294 g/mol. The molecule has 0 unspecified atom stereocenters. The zero-order chi connectivity index (χ0) is 16.6. The number of hydrogen-bond donors (Lipinski definition) is 1. The predicted octanol–water partition coefficient (Wildman–Crippen LogP) is 2.51. The molecule has 0 amide bonds. The average Bonchev–Trinajstić information content (AvgIpc) is 2.85. The monoisotopic (exact) mass is 311 g/mol. The van der Waals surface area contributed by atoms with Gasteiger partial charge in [0.25, 0.3) is 5.56 Å². The molecule has 6 nitrogen and oxygen atoms in total. The average molecular weight is 311 g/mol. The lowest BCUT2D eigenvalue weighted by atomic mass is 10.1. The van der Waals surface area contributed by atoms with Gasteiger partial charge in [-0.05, 0) is 38.5 Å². The second kappa shape index (κ2) is 5.72. The first kappa shape index (κ1) is 15.0. The SMILES string of the molecule is CCOC(=O)c1c(C)nc2[nH]n(-c3ccccc3)c(=O)c2c1C. The predicted molar refractivity (Wildman–Crippen MR) is 87.1 cm³/mol. The van der Waals surface area contributed by atoms with Crippen molar-refractivity contribution in [3.63, 3.8) is 0 Å². The molecule has 118 valence electrons. The summed E-state index contributed by atoms with van der Waals surface area (Å²) >= 11 is 0. The number of aromatic nitrogens is 3. The maximum absolute atomic E-state index is 12.7. The number of ether oxygens (including phenoxy) is 1. The van der Waals surface area contributed by atoms with Crippen LogP contribution in [0.2, 0.25) is 0 Å². The fourth-order valence-electron chi connectivity index (χ4n) is 2.73. The van der Waals surface area contributed by atoms with E-state index >= 15 is 0 Å². The Labute approximate surface area is 132 Å². The van der Waals surface area contributed by atoms with E-state index < -0.39 is 5.97 Å². The van der Waals surface area contributed by atoms with Gasteiger partial charge in [-0.15, -0.1) is 0 Å². The Morgan fingerprint density at radius 3 is 2.61 bits per heavy atom. The summed E-state index contributed by atoms with van der Waals surface area (Å²) in [4.78, 5) is 29.2. The molecule has 0 bridgehead atoms. The van der Waals surface area contributed by atoms with E-state index in [1.54, 1.807) is 20.8 Å². The molecule has 0 fully saturated rings. The minimum Gasteiger partial charge on any atom is -0.462 e. The van der Waals surface area contributed by atoms with Crippen molar-refractivity contribution in [2.24, 2.45) is 0 Å². The third-order valence-corrected chi connectivity index (χ3v) is 3.76. The van der Waals surface area contributed by atoms with E-state index in [0.717, 1.165) is 0 Å². The van der Waals surface area contributed by atoms with Gasteiger partial charge in [0.15, 0.2) is 5.65 Å². The standard InChI is InChI=1S/C17H17N3O3/c1-4-23-17(22)13-10(2)14-15(18-11(13)3)19-20(16(14)21)12-8-6-5-7-9-12/h5-9H,4H2,1-3H3,(H,18,19). The number of benzene rings is 1. The number of nitrogens with one attached hydrogen (secondary N) is 1. The topological polar surface area (TPSA) is 77.0 Å². The van der Waals surface area contributed by atoms with Crippen LogP contribution in [0.15, 0.2) is 35.1 Å². The molecule has 0 atom stereocenters. The molecule has 0 aliphatic carbocycles. The van der Waals surface area contributed by atoms with Crippen LogP contribution in [-0.2, 0) is 4.74 Å². The number of carbonyl (C=O) groups is 1. The highest BCUT2D eigenvalue weighted by Gasteiger charge is 2.21. The number of esters is 1. The van der Waals surface area contributed by atoms with Crippen molar-refractivity contribution in [2.75, 3.05) is 6.61 Å². The van der Waals surface area contributed by atoms with Crippen LogP contribution in [-0.4, -0.2) is 27.3 Å². The van der Waals surface area contributed by atoms with E-state index in [1.807, 2.05) is 30.3 Å². The third-order valence-electron chi connectivity index (χ3n) is 3.76. The number of para-hydroxylation sites is 1. The lowest BCUT2D eigenvalue weighted by molar-refractivity contribution is 0.0524. The van der Waals surface area contributed by atoms with Crippen molar-refractivity contribution in [3.05, 3.63) is 57.5 Å². The molecule has 2 aromatic heterocycles. The molecule has 1 aromatic carbocycles. The minimum absolute atomic E-state index is 0.234. The number of fused-ring (bicyclic) bond motifs is 1. The molecule has 2 heterocycles. The Hall–Kier alpha value is -2.89. The molecule has 0 spiro atoms. The molecule has 6 heteroatoms. The van der Waals surface area contributed by atoms with E-state index in [9.17, 15) is 9.59 Å². The Kier molecular flexibility index (Phi) is 3.73. The molecule has 0 aliphatic heterocycles. The summed E-state index contributed by atoms with van der Waals surface area (Å²) in [5.74, 6) is -0.455. The van der Waals surface area contributed by atoms with Crippen molar-refractivity contribution < 1.29 is 9.53 Å². The van der Waals surface area contributed by atoms with Crippen LogP contribution in [0.25, 0.3) is 16.7 Å². The summed E-state index contributed by atoms with van der Waals surface area (Å²) in [6.45, 7) is 5.50. The molecule has 0 aliphatic rings. The van der Waals surface area contributed by atoms with Gasteiger partial charge in [-0.25, -0.2) is 14.5 Å². The summed E-state index contributed by atoms with van der Waals surface area (Å²) in [6, 6.07) is 9.23. The smallest absolute Gasteiger partial charge is 0.340 e. The largest absolute Gasteiger partial charge is 0.462 e. The number of rotatable bonds is 3. The summed E-state index contributed by atoms with van der Waals surface area (Å²) in [7, 11) is 0. The Morgan fingerprint density at radius 1 is 1.26 bits per heavy atom. The Balaban J connectivity index is 2.28. The summed E-state index contributed by atoms with van der Waals surface area (Å²) < 4.78 is 6.50. The van der Waals surface area contributed by atoms with E-state index in [4.69, 9.17) is 4.74 Å². The Morgan fingerprint density at radius 2 is 1.96 bits per heavy atom. The highest BCUT2D eigenvalue weighted by Crippen LogP contribution is 2.21. The van der Waals surface area contributed by atoms with Gasteiger partial charge in [0.2, 0.25) is 0 Å². The zero-order valence-corrected chi connectivity index (χ0v) is 13.2. The van der Waals surface area contributed by atoms with Crippen molar-refractivity contribution in [1.29, 1.82) is 0 Å². The van der Waals surface area contributed by atoms with Crippen molar-refractivity contribution in [2.45, 2.75) is 20.8 Å². The highest BCUT2D eigenvalue weighted by atomic mass is 16.5.